The lowest BCUT2D eigenvalue weighted by Crippen LogP contribution is -2.25. The Morgan fingerprint density at radius 1 is 1.10 bits per heavy atom. The molecular formula is C13H14F2N2O3S. The molecule has 0 unspecified atom stereocenters. The van der Waals surface area contributed by atoms with E-state index >= 15 is 0 Å². The van der Waals surface area contributed by atoms with Crippen molar-refractivity contribution >= 4 is 10.1 Å². The summed E-state index contributed by atoms with van der Waals surface area (Å²) in [5, 5.41) is 0. The standard InChI is InChI=1S/C7H8F2N2.C6H6O3S/c8-7(9,5-10)6-3-1-2-4-11-6;7-10(8,9)6-4-2-1-3-5-6/h1-4H,5,10H2;1-5H,(H,7,8,9). The molecular weight excluding hydrogens is 302 g/mol. The first-order chi connectivity index (χ1) is 9.77. The van der Waals surface area contributed by atoms with Crippen molar-refractivity contribution in [2.45, 2.75) is 10.8 Å². The van der Waals surface area contributed by atoms with Crippen LogP contribution in [0.15, 0.2) is 59.6 Å². The highest BCUT2D eigenvalue weighted by atomic mass is 32.2. The van der Waals surface area contributed by atoms with E-state index in [-0.39, 0.29) is 10.6 Å². The molecule has 0 aliphatic rings. The number of rotatable bonds is 3. The minimum Gasteiger partial charge on any atom is -0.325 e. The summed E-state index contributed by atoms with van der Waals surface area (Å²) in [6.07, 6.45) is 1.32. The van der Waals surface area contributed by atoms with Crippen LogP contribution in [0.1, 0.15) is 5.69 Å². The first-order valence-corrected chi connectivity index (χ1v) is 7.23. The van der Waals surface area contributed by atoms with Gasteiger partial charge in [0.05, 0.1) is 11.4 Å². The van der Waals surface area contributed by atoms with E-state index in [1.165, 1.54) is 30.5 Å². The molecule has 5 nitrogen and oxygen atoms in total. The first-order valence-electron chi connectivity index (χ1n) is 5.79. The molecule has 0 fully saturated rings. The number of hydrogen-bond acceptors (Lipinski definition) is 4. The highest BCUT2D eigenvalue weighted by molar-refractivity contribution is 7.85. The quantitative estimate of drug-likeness (QED) is 0.846. The van der Waals surface area contributed by atoms with Crippen molar-refractivity contribution in [3.05, 3.63) is 60.4 Å². The molecule has 1 heterocycles. The van der Waals surface area contributed by atoms with E-state index in [0.29, 0.717) is 0 Å². The molecule has 1 aromatic carbocycles. The predicted octanol–water partition coefficient (Wildman–Crippen LogP) is 2.07. The van der Waals surface area contributed by atoms with Crippen molar-refractivity contribution in [2.75, 3.05) is 6.54 Å². The van der Waals surface area contributed by atoms with Gasteiger partial charge in [-0.25, -0.2) is 0 Å². The third-order valence-electron chi connectivity index (χ3n) is 2.34. The number of alkyl halides is 2. The summed E-state index contributed by atoms with van der Waals surface area (Å²) >= 11 is 0. The Bertz CT molecular complexity index is 650. The normalized spacial score (nSPS) is 11.4. The molecule has 2 rings (SSSR count). The highest BCUT2D eigenvalue weighted by Gasteiger charge is 2.30. The average Bonchev–Trinajstić information content (AvgIpc) is 2.49. The van der Waals surface area contributed by atoms with E-state index in [2.05, 4.69) is 4.98 Å². The van der Waals surface area contributed by atoms with Crippen LogP contribution in [0.4, 0.5) is 8.78 Å². The summed E-state index contributed by atoms with van der Waals surface area (Å²) in [6.45, 7) is -0.704. The van der Waals surface area contributed by atoms with Crippen molar-refractivity contribution < 1.29 is 21.8 Å². The van der Waals surface area contributed by atoms with Crippen molar-refractivity contribution in [1.82, 2.24) is 4.98 Å². The Kier molecular flexibility index (Phi) is 5.89. The maximum absolute atomic E-state index is 12.7. The molecule has 0 saturated carbocycles. The maximum Gasteiger partial charge on any atom is 0.301 e. The predicted molar refractivity (Wildman–Crippen MR) is 73.4 cm³/mol. The number of nitrogens with two attached hydrogens (primary N) is 1. The molecule has 0 radical (unpaired) electrons. The van der Waals surface area contributed by atoms with Crippen molar-refractivity contribution in [2.24, 2.45) is 5.73 Å². The molecule has 114 valence electrons. The molecule has 3 N–H and O–H groups in total. The molecule has 0 spiro atoms. The second-order valence-corrected chi connectivity index (χ2v) is 5.33. The third kappa shape index (κ3) is 5.54. The van der Waals surface area contributed by atoms with Crippen LogP contribution < -0.4 is 5.73 Å². The van der Waals surface area contributed by atoms with Gasteiger partial charge in [-0.15, -0.1) is 0 Å². The van der Waals surface area contributed by atoms with Crippen LogP contribution in [0.5, 0.6) is 0 Å². The van der Waals surface area contributed by atoms with Gasteiger partial charge in [-0.3, -0.25) is 9.54 Å². The van der Waals surface area contributed by atoms with Gasteiger partial charge in [0.1, 0.15) is 5.69 Å². The zero-order valence-corrected chi connectivity index (χ0v) is 11.7. The van der Waals surface area contributed by atoms with E-state index in [9.17, 15) is 17.2 Å². The SMILES string of the molecule is NCC(F)(F)c1ccccn1.O=S(=O)(O)c1ccccc1. The summed E-state index contributed by atoms with van der Waals surface area (Å²) < 4.78 is 54.6. The topological polar surface area (TPSA) is 93.3 Å². The molecule has 0 atom stereocenters. The molecule has 2 aromatic rings. The lowest BCUT2D eigenvalue weighted by atomic mass is 10.2. The lowest BCUT2D eigenvalue weighted by Gasteiger charge is -2.11. The van der Waals surface area contributed by atoms with Gasteiger partial charge < -0.3 is 5.73 Å². The van der Waals surface area contributed by atoms with E-state index in [4.69, 9.17) is 10.3 Å². The van der Waals surface area contributed by atoms with E-state index < -0.39 is 22.6 Å². The summed E-state index contributed by atoms with van der Waals surface area (Å²) in [4.78, 5) is 3.42. The molecule has 1 aromatic heterocycles. The van der Waals surface area contributed by atoms with Gasteiger partial charge in [-0.05, 0) is 24.3 Å². The number of benzene rings is 1. The lowest BCUT2D eigenvalue weighted by molar-refractivity contribution is 0.00138. The summed E-state index contributed by atoms with van der Waals surface area (Å²) in [5.41, 5.74) is 4.57. The van der Waals surface area contributed by atoms with Gasteiger partial charge in [-0.1, -0.05) is 24.3 Å². The third-order valence-corrected chi connectivity index (χ3v) is 3.20. The van der Waals surface area contributed by atoms with Crippen molar-refractivity contribution in [3.63, 3.8) is 0 Å². The Labute approximate surface area is 121 Å². The second-order valence-electron chi connectivity index (χ2n) is 3.91. The van der Waals surface area contributed by atoms with Gasteiger partial charge in [0, 0.05) is 6.20 Å². The van der Waals surface area contributed by atoms with E-state index in [1.807, 2.05) is 0 Å². The Morgan fingerprint density at radius 3 is 2.05 bits per heavy atom. The van der Waals surface area contributed by atoms with Gasteiger partial charge in [-0.2, -0.15) is 17.2 Å². The molecule has 0 bridgehead atoms. The second kappa shape index (κ2) is 7.21. The van der Waals surface area contributed by atoms with Crippen LogP contribution in [-0.2, 0) is 16.0 Å². The molecule has 0 aliphatic carbocycles. The van der Waals surface area contributed by atoms with Gasteiger partial charge in [0.15, 0.2) is 0 Å². The first kappa shape index (κ1) is 17.2. The molecule has 0 saturated heterocycles. The largest absolute Gasteiger partial charge is 0.325 e. The van der Waals surface area contributed by atoms with Crippen LogP contribution in [0.2, 0.25) is 0 Å². The highest BCUT2D eigenvalue weighted by Crippen LogP contribution is 2.23. The molecule has 8 heteroatoms. The summed E-state index contributed by atoms with van der Waals surface area (Å²) in [5.74, 6) is -3.00. The average molecular weight is 316 g/mol. The van der Waals surface area contributed by atoms with Crippen LogP contribution >= 0.6 is 0 Å². The number of nitrogens with zero attached hydrogens (tertiary/aromatic N) is 1. The monoisotopic (exact) mass is 316 g/mol. The smallest absolute Gasteiger partial charge is 0.301 e. The summed E-state index contributed by atoms with van der Waals surface area (Å²) in [7, 11) is -4.00. The minimum atomic E-state index is -4.00. The zero-order chi connectivity index (χ0) is 15.9. The van der Waals surface area contributed by atoms with Crippen LogP contribution in [0, 0.1) is 0 Å². The van der Waals surface area contributed by atoms with Crippen molar-refractivity contribution in [1.29, 1.82) is 0 Å². The van der Waals surface area contributed by atoms with Crippen molar-refractivity contribution in [3.8, 4) is 0 Å². The molecule has 0 aliphatic heterocycles. The number of hydrogen-bond donors (Lipinski definition) is 2. The van der Waals surface area contributed by atoms with Crippen LogP contribution in [0.25, 0.3) is 0 Å². The minimum absolute atomic E-state index is 0.0741. The van der Waals surface area contributed by atoms with Gasteiger partial charge in [0.25, 0.3) is 10.1 Å². The fourth-order valence-corrected chi connectivity index (χ4v) is 1.78. The molecule has 21 heavy (non-hydrogen) atoms. The van der Waals surface area contributed by atoms with Crippen LogP contribution in [0.3, 0.4) is 0 Å². The fraction of sp³-hybridized carbons (Fsp3) is 0.154. The maximum atomic E-state index is 12.7. The summed E-state index contributed by atoms with van der Waals surface area (Å²) in [6, 6.07) is 11.8. The zero-order valence-electron chi connectivity index (χ0n) is 10.9. The van der Waals surface area contributed by atoms with Gasteiger partial charge in [0.2, 0.25) is 0 Å². The Balaban J connectivity index is 0.000000211. The van der Waals surface area contributed by atoms with E-state index in [1.54, 1.807) is 24.3 Å². The van der Waals surface area contributed by atoms with Gasteiger partial charge >= 0.3 is 5.92 Å². The molecule has 0 amide bonds. The Morgan fingerprint density at radius 2 is 1.67 bits per heavy atom. The number of pyridine rings is 1. The number of aromatic nitrogens is 1. The number of halogens is 2. The van der Waals surface area contributed by atoms with Crippen LogP contribution in [-0.4, -0.2) is 24.5 Å². The Hall–Kier alpha value is -1.90. The van der Waals surface area contributed by atoms with E-state index in [0.717, 1.165) is 0 Å². The fourth-order valence-electron chi connectivity index (χ4n) is 1.28.